The summed E-state index contributed by atoms with van der Waals surface area (Å²) in [7, 11) is 1.35. The van der Waals surface area contributed by atoms with E-state index in [-0.39, 0.29) is 5.97 Å². The molecule has 0 heterocycles. The summed E-state index contributed by atoms with van der Waals surface area (Å²) in [6.45, 7) is 5.48. The molecule has 0 N–H and O–H groups in total. The molecule has 2 heteroatoms. The van der Waals surface area contributed by atoms with Crippen molar-refractivity contribution in [2.45, 2.75) is 6.92 Å². The molecule has 0 fully saturated rings. The second-order valence-corrected chi connectivity index (χ2v) is 2.26. The lowest BCUT2D eigenvalue weighted by Gasteiger charge is -1.91. The van der Waals surface area contributed by atoms with Gasteiger partial charge in [0.25, 0.3) is 0 Å². The molecule has 0 spiro atoms. The molecule has 70 valence electrons. The fourth-order valence-electron chi connectivity index (χ4n) is 0.728. The Hall–Kier alpha value is -1.57. The smallest absolute Gasteiger partial charge is 0.330 e. The van der Waals surface area contributed by atoms with Crippen LogP contribution >= 0.6 is 0 Å². The van der Waals surface area contributed by atoms with Crippen molar-refractivity contribution in [1.29, 1.82) is 0 Å². The summed E-state index contributed by atoms with van der Waals surface area (Å²) in [4.78, 5) is 10.7. The third-order valence-electron chi connectivity index (χ3n) is 1.28. The lowest BCUT2D eigenvalue weighted by atomic mass is 10.2. The molecule has 13 heavy (non-hydrogen) atoms. The van der Waals surface area contributed by atoms with Crippen molar-refractivity contribution in [3.8, 4) is 0 Å². The number of rotatable bonds is 4. The highest BCUT2D eigenvalue weighted by molar-refractivity contribution is 5.82. The molecule has 0 aliphatic heterocycles. The Morgan fingerprint density at radius 3 is 2.46 bits per heavy atom. The van der Waals surface area contributed by atoms with Gasteiger partial charge in [-0.3, -0.25) is 0 Å². The Labute approximate surface area is 78.9 Å². The van der Waals surface area contributed by atoms with E-state index < -0.39 is 0 Å². The van der Waals surface area contributed by atoms with Gasteiger partial charge >= 0.3 is 5.97 Å². The van der Waals surface area contributed by atoms with Crippen molar-refractivity contribution in [2.75, 3.05) is 7.11 Å². The summed E-state index contributed by atoms with van der Waals surface area (Å²) >= 11 is 0. The molecule has 0 aromatic carbocycles. The number of hydrogen-bond acceptors (Lipinski definition) is 2. The summed E-state index contributed by atoms with van der Waals surface area (Å²) in [6, 6.07) is 0. The van der Waals surface area contributed by atoms with E-state index in [2.05, 4.69) is 11.3 Å². The van der Waals surface area contributed by atoms with Crippen molar-refractivity contribution in [1.82, 2.24) is 0 Å². The standard InChI is InChI=1S/C11H14O2/c1-4-6-10(7-5-2)8-9-11(12)13-3/h4-9H,1H2,2-3H3/b7-5-,9-8+,10-6+. The molecule has 2 nitrogen and oxygen atoms in total. The maximum Gasteiger partial charge on any atom is 0.330 e. The van der Waals surface area contributed by atoms with E-state index in [4.69, 9.17) is 0 Å². The molecule has 0 aliphatic rings. The Balaban J connectivity index is 4.43. The minimum absolute atomic E-state index is 0.362. The van der Waals surface area contributed by atoms with E-state index in [1.807, 2.05) is 19.1 Å². The minimum atomic E-state index is -0.362. The van der Waals surface area contributed by atoms with Crippen LogP contribution in [0.3, 0.4) is 0 Å². The zero-order chi connectivity index (χ0) is 10.1. The topological polar surface area (TPSA) is 26.3 Å². The van der Waals surface area contributed by atoms with Gasteiger partial charge in [-0.2, -0.15) is 0 Å². The molecule has 0 aromatic heterocycles. The van der Waals surface area contributed by atoms with Gasteiger partial charge in [0.05, 0.1) is 7.11 Å². The van der Waals surface area contributed by atoms with Crippen LogP contribution in [-0.4, -0.2) is 13.1 Å². The maximum atomic E-state index is 10.7. The number of ether oxygens (including phenoxy) is 1. The van der Waals surface area contributed by atoms with Crippen LogP contribution in [0, 0.1) is 0 Å². The van der Waals surface area contributed by atoms with Crippen LogP contribution < -0.4 is 0 Å². The van der Waals surface area contributed by atoms with Crippen LogP contribution in [0.25, 0.3) is 0 Å². The molecule has 0 saturated carbocycles. The van der Waals surface area contributed by atoms with Crippen LogP contribution in [0.4, 0.5) is 0 Å². The lowest BCUT2D eigenvalue weighted by molar-refractivity contribution is -0.134. The molecule has 0 aromatic rings. The molecule has 0 bridgehead atoms. The van der Waals surface area contributed by atoms with Crippen LogP contribution in [0.2, 0.25) is 0 Å². The summed E-state index contributed by atoms with van der Waals surface area (Å²) in [6.07, 6.45) is 10.3. The number of carbonyl (C=O) groups excluding carboxylic acids is 1. The summed E-state index contributed by atoms with van der Waals surface area (Å²) < 4.78 is 4.45. The molecule has 0 unspecified atom stereocenters. The third kappa shape index (κ3) is 5.67. The Morgan fingerprint density at radius 1 is 1.31 bits per heavy atom. The Kier molecular flexibility index (Phi) is 6.24. The van der Waals surface area contributed by atoms with Crippen molar-refractivity contribution in [3.05, 3.63) is 48.6 Å². The van der Waals surface area contributed by atoms with E-state index in [0.29, 0.717) is 0 Å². The van der Waals surface area contributed by atoms with Crippen molar-refractivity contribution in [3.63, 3.8) is 0 Å². The zero-order valence-electron chi connectivity index (χ0n) is 7.99. The summed E-state index contributed by atoms with van der Waals surface area (Å²) in [5, 5.41) is 0. The van der Waals surface area contributed by atoms with E-state index in [0.717, 1.165) is 5.57 Å². The molecule has 0 aliphatic carbocycles. The molecule has 0 amide bonds. The summed E-state index contributed by atoms with van der Waals surface area (Å²) in [5.74, 6) is -0.362. The highest BCUT2D eigenvalue weighted by atomic mass is 16.5. The number of hydrogen-bond donors (Lipinski definition) is 0. The SMILES string of the molecule is C=C/C=C(\C=C/C)/C=C/C(=O)OC. The molecule has 0 atom stereocenters. The van der Waals surface area contributed by atoms with Gasteiger partial charge in [-0.25, -0.2) is 4.79 Å². The second kappa shape index (κ2) is 7.10. The molecular weight excluding hydrogens is 164 g/mol. The fourth-order valence-corrected chi connectivity index (χ4v) is 0.728. The first-order valence-corrected chi connectivity index (χ1v) is 3.96. The lowest BCUT2D eigenvalue weighted by Crippen LogP contribution is -1.93. The van der Waals surface area contributed by atoms with Gasteiger partial charge in [0.2, 0.25) is 0 Å². The zero-order valence-corrected chi connectivity index (χ0v) is 7.99. The van der Waals surface area contributed by atoms with Gasteiger partial charge in [-0.05, 0) is 18.6 Å². The minimum Gasteiger partial charge on any atom is -0.466 e. The van der Waals surface area contributed by atoms with E-state index in [1.165, 1.54) is 13.2 Å². The molecular formula is C11H14O2. The first kappa shape index (κ1) is 11.4. The first-order valence-electron chi connectivity index (χ1n) is 3.96. The molecule has 0 radical (unpaired) electrons. The number of carbonyl (C=O) groups is 1. The van der Waals surface area contributed by atoms with Gasteiger partial charge in [0, 0.05) is 6.08 Å². The number of allylic oxidation sites excluding steroid dienone is 6. The molecule has 0 saturated heterocycles. The van der Waals surface area contributed by atoms with Crippen LogP contribution in [0.15, 0.2) is 48.6 Å². The largest absolute Gasteiger partial charge is 0.466 e. The van der Waals surface area contributed by atoms with Crippen LogP contribution in [0.1, 0.15) is 6.92 Å². The van der Waals surface area contributed by atoms with Gasteiger partial charge < -0.3 is 4.74 Å². The average molecular weight is 178 g/mol. The number of methoxy groups -OCH3 is 1. The normalized spacial score (nSPS) is 12.3. The van der Waals surface area contributed by atoms with Crippen molar-refractivity contribution >= 4 is 5.97 Å². The Morgan fingerprint density at radius 2 is 2.00 bits per heavy atom. The molecule has 0 rings (SSSR count). The highest BCUT2D eigenvalue weighted by Gasteiger charge is 1.90. The summed E-state index contributed by atoms with van der Waals surface area (Å²) in [5.41, 5.74) is 0.905. The number of esters is 1. The predicted octanol–water partition coefficient (Wildman–Crippen LogP) is 2.40. The predicted molar refractivity (Wildman–Crippen MR) is 54.3 cm³/mol. The van der Waals surface area contributed by atoms with Gasteiger partial charge in [-0.15, -0.1) is 0 Å². The van der Waals surface area contributed by atoms with Gasteiger partial charge in [-0.1, -0.05) is 30.9 Å². The maximum absolute atomic E-state index is 10.7. The van der Waals surface area contributed by atoms with Crippen molar-refractivity contribution in [2.24, 2.45) is 0 Å². The van der Waals surface area contributed by atoms with Gasteiger partial charge in [0.15, 0.2) is 0 Å². The van der Waals surface area contributed by atoms with E-state index in [9.17, 15) is 4.79 Å². The highest BCUT2D eigenvalue weighted by Crippen LogP contribution is 1.99. The fraction of sp³-hybridized carbons (Fsp3) is 0.182. The van der Waals surface area contributed by atoms with Gasteiger partial charge in [0.1, 0.15) is 0 Å². The monoisotopic (exact) mass is 178 g/mol. The van der Waals surface area contributed by atoms with E-state index >= 15 is 0 Å². The van der Waals surface area contributed by atoms with E-state index in [1.54, 1.807) is 18.2 Å². The Bertz CT molecular complexity index is 257. The average Bonchev–Trinajstić information content (AvgIpc) is 2.14. The third-order valence-corrected chi connectivity index (χ3v) is 1.28. The van der Waals surface area contributed by atoms with Crippen molar-refractivity contribution < 1.29 is 9.53 Å². The van der Waals surface area contributed by atoms with Crippen LogP contribution in [-0.2, 0) is 9.53 Å². The quantitative estimate of drug-likeness (QED) is 0.375. The van der Waals surface area contributed by atoms with Crippen LogP contribution in [0.5, 0.6) is 0 Å². The first-order chi connectivity index (χ1) is 6.24. The second-order valence-electron chi connectivity index (χ2n) is 2.26.